The highest BCUT2D eigenvalue weighted by molar-refractivity contribution is 5.74. The number of carbonyl (C=O) groups is 2. The molecule has 0 aromatic carbocycles. The summed E-state index contributed by atoms with van der Waals surface area (Å²) in [7, 11) is 0. The van der Waals surface area contributed by atoms with E-state index in [2.05, 4.69) is 24.5 Å². The summed E-state index contributed by atoms with van der Waals surface area (Å²) in [4.78, 5) is 22.9. The molecular formula is C17H30N2O3. The lowest BCUT2D eigenvalue weighted by Gasteiger charge is -2.34. The van der Waals surface area contributed by atoms with Gasteiger partial charge in [-0.2, -0.15) is 0 Å². The van der Waals surface area contributed by atoms with E-state index in [1.807, 2.05) is 0 Å². The molecule has 3 atom stereocenters. The normalized spacial score (nSPS) is 35.6. The first-order valence-corrected chi connectivity index (χ1v) is 8.74. The van der Waals surface area contributed by atoms with Crippen molar-refractivity contribution in [2.24, 2.45) is 23.7 Å². The minimum Gasteiger partial charge on any atom is -0.481 e. The maximum Gasteiger partial charge on any atom is 0.315 e. The van der Waals surface area contributed by atoms with Crippen LogP contribution in [-0.2, 0) is 4.79 Å². The van der Waals surface area contributed by atoms with Crippen molar-refractivity contribution < 1.29 is 14.7 Å². The molecule has 0 aromatic heterocycles. The third-order valence-corrected chi connectivity index (χ3v) is 5.81. The number of rotatable bonds is 4. The Morgan fingerprint density at radius 1 is 1.05 bits per heavy atom. The number of carboxylic acids is 1. The van der Waals surface area contributed by atoms with Crippen LogP contribution < -0.4 is 10.6 Å². The largest absolute Gasteiger partial charge is 0.481 e. The molecule has 3 unspecified atom stereocenters. The van der Waals surface area contributed by atoms with Crippen molar-refractivity contribution in [3.8, 4) is 0 Å². The number of urea groups is 1. The highest BCUT2D eigenvalue weighted by Crippen LogP contribution is 2.33. The van der Waals surface area contributed by atoms with Crippen molar-refractivity contribution in [2.75, 3.05) is 6.54 Å². The van der Waals surface area contributed by atoms with E-state index in [0.29, 0.717) is 24.7 Å². The van der Waals surface area contributed by atoms with Crippen LogP contribution in [0.25, 0.3) is 0 Å². The molecule has 22 heavy (non-hydrogen) atoms. The van der Waals surface area contributed by atoms with Gasteiger partial charge in [0, 0.05) is 12.6 Å². The van der Waals surface area contributed by atoms with Crippen molar-refractivity contribution >= 4 is 12.0 Å². The fourth-order valence-corrected chi connectivity index (χ4v) is 3.93. The molecule has 2 aliphatic rings. The zero-order chi connectivity index (χ0) is 16.1. The summed E-state index contributed by atoms with van der Waals surface area (Å²) in [6.07, 6.45) is 6.63. The van der Waals surface area contributed by atoms with E-state index in [1.54, 1.807) is 0 Å². The molecule has 5 nitrogen and oxygen atoms in total. The van der Waals surface area contributed by atoms with Gasteiger partial charge >= 0.3 is 12.0 Å². The molecular weight excluding hydrogens is 280 g/mol. The maximum atomic E-state index is 12.0. The van der Waals surface area contributed by atoms with E-state index in [9.17, 15) is 9.59 Å². The van der Waals surface area contributed by atoms with E-state index in [0.717, 1.165) is 25.3 Å². The van der Waals surface area contributed by atoms with Gasteiger partial charge < -0.3 is 15.7 Å². The van der Waals surface area contributed by atoms with Gasteiger partial charge in [-0.3, -0.25) is 4.79 Å². The molecule has 126 valence electrons. The van der Waals surface area contributed by atoms with E-state index >= 15 is 0 Å². The molecule has 2 aliphatic carbocycles. The quantitative estimate of drug-likeness (QED) is 0.747. The minimum atomic E-state index is -0.705. The highest BCUT2D eigenvalue weighted by atomic mass is 16.4. The van der Waals surface area contributed by atoms with Gasteiger partial charge in [0.25, 0.3) is 0 Å². The van der Waals surface area contributed by atoms with Crippen LogP contribution >= 0.6 is 0 Å². The van der Waals surface area contributed by atoms with Crippen LogP contribution in [0.3, 0.4) is 0 Å². The Morgan fingerprint density at radius 2 is 1.73 bits per heavy atom. The predicted octanol–water partition coefficient (Wildman–Crippen LogP) is 3.00. The van der Waals surface area contributed by atoms with Crippen LogP contribution in [0.5, 0.6) is 0 Å². The van der Waals surface area contributed by atoms with Crippen molar-refractivity contribution in [2.45, 2.75) is 64.8 Å². The molecule has 0 spiro atoms. The Balaban J connectivity index is 1.67. The summed E-state index contributed by atoms with van der Waals surface area (Å²) in [6, 6.07) is 0.0301. The summed E-state index contributed by atoms with van der Waals surface area (Å²) in [5.41, 5.74) is 0. The Hall–Kier alpha value is -1.26. The second-order valence-corrected chi connectivity index (χ2v) is 7.27. The molecule has 0 bridgehead atoms. The van der Waals surface area contributed by atoms with Crippen molar-refractivity contribution in [3.05, 3.63) is 0 Å². The first-order valence-electron chi connectivity index (χ1n) is 8.74. The van der Waals surface area contributed by atoms with Gasteiger partial charge in [-0.1, -0.05) is 26.7 Å². The summed E-state index contributed by atoms with van der Waals surface area (Å²) in [5.74, 6) is 1.06. The lowest BCUT2D eigenvalue weighted by Crippen LogP contribution is -2.46. The van der Waals surface area contributed by atoms with Gasteiger partial charge in [-0.15, -0.1) is 0 Å². The molecule has 0 saturated heterocycles. The van der Waals surface area contributed by atoms with Gasteiger partial charge in [0.1, 0.15) is 0 Å². The van der Waals surface area contributed by atoms with Gasteiger partial charge in [0.05, 0.1) is 5.92 Å². The molecule has 5 heteroatoms. The van der Waals surface area contributed by atoms with Crippen molar-refractivity contribution in [3.63, 3.8) is 0 Å². The number of amides is 2. The van der Waals surface area contributed by atoms with E-state index < -0.39 is 5.97 Å². The molecule has 2 rings (SSSR count). The molecule has 3 N–H and O–H groups in total. The van der Waals surface area contributed by atoms with Crippen LogP contribution in [-0.4, -0.2) is 29.7 Å². The summed E-state index contributed by atoms with van der Waals surface area (Å²) < 4.78 is 0. The zero-order valence-corrected chi connectivity index (χ0v) is 13.8. The number of carboxylic acid groups (broad SMARTS) is 1. The molecule has 0 aromatic rings. The maximum absolute atomic E-state index is 12.0. The fourth-order valence-electron chi connectivity index (χ4n) is 3.93. The van der Waals surface area contributed by atoms with Crippen molar-refractivity contribution in [1.29, 1.82) is 0 Å². The topological polar surface area (TPSA) is 78.4 Å². The first kappa shape index (κ1) is 17.1. The molecule has 2 saturated carbocycles. The number of hydrogen-bond donors (Lipinski definition) is 3. The third-order valence-electron chi connectivity index (χ3n) is 5.81. The monoisotopic (exact) mass is 310 g/mol. The molecule has 2 fully saturated rings. The summed E-state index contributed by atoms with van der Waals surface area (Å²) >= 11 is 0. The number of carbonyl (C=O) groups excluding carboxylic acids is 1. The van der Waals surface area contributed by atoms with E-state index in [1.165, 1.54) is 19.3 Å². The Labute approximate surface area is 133 Å². The van der Waals surface area contributed by atoms with Gasteiger partial charge in [0.15, 0.2) is 0 Å². The Bertz CT molecular complexity index is 391. The number of aliphatic carboxylic acids is 1. The molecule has 2 amide bonds. The second kappa shape index (κ2) is 7.84. The first-order chi connectivity index (χ1) is 10.5. The lowest BCUT2D eigenvalue weighted by atomic mass is 9.74. The van der Waals surface area contributed by atoms with Crippen LogP contribution in [0.4, 0.5) is 4.79 Å². The average molecular weight is 310 g/mol. The Kier molecular flexibility index (Phi) is 6.09. The minimum absolute atomic E-state index is 0.0933. The van der Waals surface area contributed by atoms with Crippen LogP contribution in [0.15, 0.2) is 0 Å². The highest BCUT2D eigenvalue weighted by Gasteiger charge is 2.28. The predicted molar refractivity (Wildman–Crippen MR) is 85.6 cm³/mol. The van der Waals surface area contributed by atoms with Gasteiger partial charge in [0.2, 0.25) is 0 Å². The smallest absolute Gasteiger partial charge is 0.315 e. The van der Waals surface area contributed by atoms with E-state index in [4.69, 9.17) is 5.11 Å². The molecule has 0 heterocycles. The van der Waals surface area contributed by atoms with E-state index in [-0.39, 0.29) is 18.0 Å². The average Bonchev–Trinajstić information content (AvgIpc) is 2.49. The summed E-state index contributed by atoms with van der Waals surface area (Å²) in [6.45, 7) is 5.35. The molecule has 0 aliphatic heterocycles. The standard InChI is InChI=1S/C17H30N2O3/c1-11-4-3-5-14(12(11)2)10-18-17(22)19-15-8-6-13(7-9-15)16(20)21/h11-15H,3-10H2,1-2H3,(H,20,21)(H2,18,19,22). The van der Waals surface area contributed by atoms with Crippen LogP contribution in [0.2, 0.25) is 0 Å². The SMILES string of the molecule is CC1CCCC(CNC(=O)NC2CCC(C(=O)O)CC2)C1C. The van der Waals surface area contributed by atoms with Crippen LogP contribution in [0, 0.1) is 23.7 Å². The Morgan fingerprint density at radius 3 is 2.36 bits per heavy atom. The fraction of sp³-hybridized carbons (Fsp3) is 0.882. The number of hydrogen-bond acceptors (Lipinski definition) is 2. The zero-order valence-electron chi connectivity index (χ0n) is 13.8. The molecule has 0 radical (unpaired) electrons. The number of nitrogens with one attached hydrogen (secondary N) is 2. The second-order valence-electron chi connectivity index (χ2n) is 7.27. The summed E-state index contributed by atoms with van der Waals surface area (Å²) in [5, 5.41) is 15.0. The van der Waals surface area contributed by atoms with Gasteiger partial charge in [-0.05, 0) is 49.9 Å². The third kappa shape index (κ3) is 4.62. The van der Waals surface area contributed by atoms with Crippen LogP contribution in [0.1, 0.15) is 58.8 Å². The van der Waals surface area contributed by atoms with Crippen molar-refractivity contribution in [1.82, 2.24) is 10.6 Å². The lowest BCUT2D eigenvalue weighted by molar-refractivity contribution is -0.142. The van der Waals surface area contributed by atoms with Gasteiger partial charge in [-0.25, -0.2) is 4.79 Å².